The lowest BCUT2D eigenvalue weighted by Gasteiger charge is -2.17. The lowest BCUT2D eigenvalue weighted by molar-refractivity contribution is -0.137. The average Bonchev–Trinajstić information content (AvgIpc) is 2.53. The first-order valence-electron chi connectivity index (χ1n) is 7.41. The van der Waals surface area contributed by atoms with Gasteiger partial charge in [-0.1, -0.05) is 23.7 Å². The highest BCUT2D eigenvalue weighted by Crippen LogP contribution is 2.31. The predicted molar refractivity (Wildman–Crippen MR) is 94.7 cm³/mol. The molecule has 0 fully saturated rings. The van der Waals surface area contributed by atoms with Gasteiger partial charge in [-0.2, -0.15) is 13.2 Å². The summed E-state index contributed by atoms with van der Waals surface area (Å²) in [4.78, 5) is -0.732. The van der Waals surface area contributed by atoms with E-state index in [1.165, 1.54) is 19.1 Å². The molecule has 1 atom stereocenters. The maximum atomic E-state index is 12.8. The van der Waals surface area contributed by atoms with Crippen molar-refractivity contribution in [1.82, 2.24) is 4.72 Å². The molecule has 5 nitrogen and oxygen atoms in total. The summed E-state index contributed by atoms with van der Waals surface area (Å²) < 4.78 is 89.1. The molecular formula is C16H15ClF3NO4S2. The molecule has 0 aliphatic carbocycles. The van der Waals surface area contributed by atoms with Crippen molar-refractivity contribution in [1.29, 1.82) is 0 Å². The first kappa shape index (κ1) is 21.7. The third-order valence-corrected chi connectivity index (χ3v) is 6.80. The molecule has 0 radical (unpaired) electrons. The number of benzene rings is 2. The molecule has 2 aromatic rings. The topological polar surface area (TPSA) is 80.3 Å². The van der Waals surface area contributed by atoms with Crippen molar-refractivity contribution < 1.29 is 30.0 Å². The van der Waals surface area contributed by atoms with Gasteiger partial charge < -0.3 is 0 Å². The van der Waals surface area contributed by atoms with Crippen molar-refractivity contribution >= 4 is 31.5 Å². The zero-order valence-corrected chi connectivity index (χ0v) is 16.5. The van der Waals surface area contributed by atoms with Crippen LogP contribution in [-0.2, 0) is 26.0 Å². The molecule has 0 aromatic heterocycles. The van der Waals surface area contributed by atoms with Crippen LogP contribution >= 0.6 is 11.6 Å². The highest BCUT2D eigenvalue weighted by atomic mass is 35.5. The zero-order valence-electron chi connectivity index (χ0n) is 14.1. The molecule has 0 aliphatic heterocycles. The van der Waals surface area contributed by atoms with Crippen molar-refractivity contribution in [2.75, 3.05) is 6.26 Å². The summed E-state index contributed by atoms with van der Waals surface area (Å²) in [5.74, 6) is 0. The first-order valence-corrected chi connectivity index (χ1v) is 11.2. The molecule has 11 heteroatoms. The van der Waals surface area contributed by atoms with Gasteiger partial charge in [-0.3, -0.25) is 0 Å². The molecule has 0 aliphatic rings. The fourth-order valence-electron chi connectivity index (χ4n) is 2.27. The Bertz CT molecular complexity index is 1070. The van der Waals surface area contributed by atoms with Crippen LogP contribution in [0.4, 0.5) is 13.2 Å². The summed E-state index contributed by atoms with van der Waals surface area (Å²) in [7, 11) is -7.98. The summed E-state index contributed by atoms with van der Waals surface area (Å²) in [6, 6.07) is 6.39. The maximum absolute atomic E-state index is 12.8. The molecule has 0 heterocycles. The van der Waals surface area contributed by atoms with E-state index in [2.05, 4.69) is 4.72 Å². The Morgan fingerprint density at radius 2 is 1.67 bits per heavy atom. The van der Waals surface area contributed by atoms with E-state index in [1.807, 2.05) is 0 Å². The van der Waals surface area contributed by atoms with Gasteiger partial charge in [0, 0.05) is 12.3 Å². The van der Waals surface area contributed by atoms with E-state index in [0.29, 0.717) is 0 Å². The second-order valence-corrected chi connectivity index (χ2v) is 9.94. The minimum absolute atomic E-state index is 0.0868. The molecule has 0 amide bonds. The minimum atomic E-state index is -4.57. The van der Waals surface area contributed by atoms with Crippen LogP contribution in [0.1, 0.15) is 24.1 Å². The van der Waals surface area contributed by atoms with Crippen molar-refractivity contribution in [3.8, 4) is 0 Å². The quantitative estimate of drug-likeness (QED) is 0.765. The van der Waals surface area contributed by atoms with Crippen LogP contribution < -0.4 is 4.72 Å². The van der Waals surface area contributed by atoms with Crippen LogP contribution in [0, 0.1) is 0 Å². The van der Waals surface area contributed by atoms with Gasteiger partial charge in [-0.15, -0.1) is 0 Å². The molecule has 2 rings (SSSR count). The molecule has 0 bridgehead atoms. The molecule has 1 unspecified atom stereocenters. The van der Waals surface area contributed by atoms with Gasteiger partial charge in [0.25, 0.3) is 0 Å². The summed E-state index contributed by atoms with van der Waals surface area (Å²) in [5, 5.41) is -0.217. The van der Waals surface area contributed by atoms with Gasteiger partial charge in [-0.05, 0) is 42.8 Å². The largest absolute Gasteiger partial charge is 0.416 e. The second kappa shape index (κ2) is 7.42. The molecule has 0 spiro atoms. The third kappa shape index (κ3) is 5.22. The van der Waals surface area contributed by atoms with E-state index < -0.39 is 42.5 Å². The SMILES string of the molecule is CC(NS(=O)(=O)c1cc(S(C)(=O)=O)ccc1Cl)c1cccc(C(F)(F)F)c1. The molecule has 2 aromatic carbocycles. The molecular weight excluding hydrogens is 427 g/mol. The number of sulfonamides is 1. The second-order valence-electron chi connectivity index (χ2n) is 5.83. The van der Waals surface area contributed by atoms with Crippen LogP contribution in [0.2, 0.25) is 5.02 Å². The Morgan fingerprint density at radius 3 is 2.22 bits per heavy atom. The first-order chi connectivity index (χ1) is 12.2. The summed E-state index contributed by atoms with van der Waals surface area (Å²) >= 11 is 5.88. The lowest BCUT2D eigenvalue weighted by Crippen LogP contribution is -2.27. The van der Waals surface area contributed by atoms with Gasteiger partial charge in [0.15, 0.2) is 9.84 Å². The van der Waals surface area contributed by atoms with Crippen LogP contribution in [0.3, 0.4) is 0 Å². The van der Waals surface area contributed by atoms with E-state index in [0.717, 1.165) is 36.6 Å². The van der Waals surface area contributed by atoms with Crippen molar-refractivity contribution in [3.63, 3.8) is 0 Å². The molecule has 148 valence electrons. The Hall–Kier alpha value is -1.62. The summed E-state index contributed by atoms with van der Waals surface area (Å²) in [6.45, 7) is 1.36. The Labute approximate surface area is 160 Å². The standard InChI is InChI=1S/C16H15ClF3NO4S2/c1-10(11-4-3-5-12(8-11)16(18,19)20)21-27(24,25)15-9-13(26(2,22)23)6-7-14(15)17/h3-10,21H,1-2H3. The number of hydrogen-bond acceptors (Lipinski definition) is 4. The summed E-state index contributed by atoms with van der Waals surface area (Å²) in [5.41, 5.74) is -0.827. The monoisotopic (exact) mass is 441 g/mol. The lowest BCUT2D eigenvalue weighted by atomic mass is 10.1. The predicted octanol–water partition coefficient (Wildman–Crippen LogP) is 3.80. The number of alkyl halides is 3. The van der Waals surface area contributed by atoms with Crippen molar-refractivity contribution in [2.24, 2.45) is 0 Å². The van der Waals surface area contributed by atoms with Crippen LogP contribution in [0.15, 0.2) is 52.3 Å². The van der Waals surface area contributed by atoms with Crippen LogP contribution in [-0.4, -0.2) is 23.1 Å². The van der Waals surface area contributed by atoms with Crippen molar-refractivity contribution in [2.45, 2.75) is 28.9 Å². The van der Waals surface area contributed by atoms with Gasteiger partial charge >= 0.3 is 6.18 Å². The van der Waals surface area contributed by atoms with Crippen LogP contribution in [0.25, 0.3) is 0 Å². The molecule has 1 N–H and O–H groups in total. The van der Waals surface area contributed by atoms with Gasteiger partial charge in [-0.25, -0.2) is 21.6 Å². The fraction of sp³-hybridized carbons (Fsp3) is 0.250. The molecule has 27 heavy (non-hydrogen) atoms. The van der Waals surface area contributed by atoms with Gasteiger partial charge in [0.05, 0.1) is 15.5 Å². The van der Waals surface area contributed by atoms with E-state index in [-0.39, 0.29) is 15.5 Å². The number of halogens is 4. The Kier molecular flexibility index (Phi) is 5.96. The van der Waals surface area contributed by atoms with Crippen LogP contribution in [0.5, 0.6) is 0 Å². The van der Waals surface area contributed by atoms with E-state index in [4.69, 9.17) is 11.6 Å². The maximum Gasteiger partial charge on any atom is 0.416 e. The number of sulfone groups is 1. The number of hydrogen-bond donors (Lipinski definition) is 1. The number of nitrogens with one attached hydrogen (secondary N) is 1. The molecule has 0 saturated carbocycles. The van der Waals surface area contributed by atoms with E-state index in [9.17, 15) is 30.0 Å². The highest BCUT2D eigenvalue weighted by Gasteiger charge is 2.31. The number of rotatable bonds is 5. The highest BCUT2D eigenvalue weighted by molar-refractivity contribution is 7.91. The van der Waals surface area contributed by atoms with E-state index >= 15 is 0 Å². The Balaban J connectivity index is 2.40. The minimum Gasteiger partial charge on any atom is -0.224 e. The zero-order chi connectivity index (χ0) is 20.6. The fourth-order valence-corrected chi connectivity index (χ4v) is 4.75. The Morgan fingerprint density at radius 1 is 1.04 bits per heavy atom. The third-order valence-electron chi connectivity index (χ3n) is 3.67. The average molecular weight is 442 g/mol. The van der Waals surface area contributed by atoms with Crippen molar-refractivity contribution in [3.05, 3.63) is 58.6 Å². The smallest absolute Gasteiger partial charge is 0.224 e. The molecule has 0 saturated heterocycles. The van der Waals surface area contributed by atoms with Gasteiger partial charge in [0.2, 0.25) is 10.0 Å². The van der Waals surface area contributed by atoms with E-state index in [1.54, 1.807) is 0 Å². The normalized spacial score (nSPS) is 14.1. The summed E-state index contributed by atoms with van der Waals surface area (Å²) in [6.07, 6.45) is -3.66. The van der Waals surface area contributed by atoms with Gasteiger partial charge in [0.1, 0.15) is 4.90 Å².